The van der Waals surface area contributed by atoms with E-state index in [1.54, 1.807) is 0 Å². The smallest absolute Gasteiger partial charge is 0.221 e. The minimum absolute atomic E-state index is 0.0204. The third-order valence-electron chi connectivity index (χ3n) is 9.49. The number of nitrogens with one attached hydrogen (secondary N) is 1. The molecule has 0 radical (unpaired) electrons. The van der Waals surface area contributed by atoms with Gasteiger partial charge in [0.2, 0.25) is 5.91 Å². The first kappa shape index (κ1) is 40.5. The van der Waals surface area contributed by atoms with E-state index in [-0.39, 0.29) is 18.1 Å². The summed E-state index contributed by atoms with van der Waals surface area (Å²) in [6.45, 7) is 3.94. The van der Waals surface area contributed by atoms with Crippen molar-refractivity contribution in [2.75, 3.05) is 6.61 Å². The fraction of sp³-hybridized carbons (Fsp3) is 0.533. The van der Waals surface area contributed by atoms with Gasteiger partial charge in [-0.1, -0.05) is 161 Å². The molecule has 6 nitrogen and oxygen atoms in total. The molecule has 0 spiro atoms. The third kappa shape index (κ3) is 17.2. The van der Waals surface area contributed by atoms with Crippen molar-refractivity contribution in [3.8, 4) is 0 Å². The van der Waals surface area contributed by atoms with Gasteiger partial charge < -0.3 is 24.3 Å². The number of rotatable bonds is 26. The van der Waals surface area contributed by atoms with Crippen LogP contribution in [0.5, 0.6) is 0 Å². The average Bonchev–Trinajstić information content (AvgIpc) is 3.16. The van der Waals surface area contributed by atoms with Crippen molar-refractivity contribution in [1.29, 1.82) is 0 Å². The summed E-state index contributed by atoms with van der Waals surface area (Å²) in [5, 5.41) is 3.17. The lowest BCUT2D eigenvalue weighted by Crippen LogP contribution is -2.56. The molecule has 3 aromatic carbocycles. The highest BCUT2D eigenvalue weighted by Gasteiger charge is 2.41. The molecule has 1 N–H and O–H groups in total. The summed E-state index contributed by atoms with van der Waals surface area (Å²) in [5.41, 5.74) is 3.27. The predicted octanol–water partition coefficient (Wildman–Crippen LogP) is 10.6. The van der Waals surface area contributed by atoms with E-state index in [2.05, 4.69) is 60.8 Å². The molecule has 1 aliphatic rings. The molecule has 278 valence electrons. The number of hydrogen-bond acceptors (Lipinski definition) is 5. The van der Waals surface area contributed by atoms with Crippen LogP contribution in [-0.2, 0) is 43.6 Å². The molecule has 0 saturated carbocycles. The quantitative estimate of drug-likeness (QED) is 0.0668. The molecular weight excluding hydrogens is 634 g/mol. The summed E-state index contributed by atoms with van der Waals surface area (Å²) in [7, 11) is 0. The maximum Gasteiger partial charge on any atom is 0.221 e. The standard InChI is InChI=1S/C45H63NO5/c1-2-3-4-5-6-7-8-9-10-11-12-13-14-15-25-32-43(47)46-44-33-41(49-35-39-28-21-17-22-29-39)45(50-36-40-30-23-18-24-31-40)42(51-44)37-48-34-38-26-19-16-20-27-38/h9-10,16-24,26-31,41-42,44-45H,2-8,11-15,25,32-37H2,1H3,(H,46,47)/b10-9-/t41-,42?,44-,45-/m1/s1. The Morgan fingerprint density at radius 2 is 1.18 bits per heavy atom. The minimum Gasteiger partial charge on any atom is -0.374 e. The largest absolute Gasteiger partial charge is 0.374 e. The highest BCUT2D eigenvalue weighted by atomic mass is 16.6. The zero-order valence-corrected chi connectivity index (χ0v) is 31.1. The van der Waals surface area contributed by atoms with Crippen molar-refractivity contribution >= 4 is 5.91 Å². The molecule has 0 aliphatic carbocycles. The summed E-state index contributed by atoms with van der Waals surface area (Å²) >= 11 is 0. The second-order valence-corrected chi connectivity index (χ2v) is 13.9. The number of allylic oxidation sites excluding steroid dienone is 2. The molecule has 1 unspecified atom stereocenters. The van der Waals surface area contributed by atoms with Crippen molar-refractivity contribution in [2.24, 2.45) is 0 Å². The Hall–Kier alpha value is -3.29. The van der Waals surface area contributed by atoms with Gasteiger partial charge in [-0.3, -0.25) is 4.79 Å². The molecule has 0 aromatic heterocycles. The lowest BCUT2D eigenvalue weighted by atomic mass is 9.99. The van der Waals surface area contributed by atoms with Crippen LogP contribution in [0, 0.1) is 0 Å². The lowest BCUT2D eigenvalue weighted by Gasteiger charge is -2.41. The summed E-state index contributed by atoms with van der Waals surface area (Å²) < 4.78 is 25.8. The predicted molar refractivity (Wildman–Crippen MR) is 207 cm³/mol. The molecule has 4 atom stereocenters. The maximum absolute atomic E-state index is 13.1. The van der Waals surface area contributed by atoms with Gasteiger partial charge in [-0.25, -0.2) is 0 Å². The van der Waals surface area contributed by atoms with Gasteiger partial charge in [0.1, 0.15) is 18.4 Å². The highest BCUT2D eigenvalue weighted by Crippen LogP contribution is 2.27. The van der Waals surface area contributed by atoms with Crippen LogP contribution < -0.4 is 5.32 Å². The zero-order chi connectivity index (χ0) is 35.6. The second-order valence-electron chi connectivity index (χ2n) is 13.9. The van der Waals surface area contributed by atoms with Gasteiger partial charge >= 0.3 is 0 Å². The summed E-state index contributed by atoms with van der Waals surface area (Å²) in [6.07, 6.45) is 20.2. The van der Waals surface area contributed by atoms with Crippen LogP contribution in [0.3, 0.4) is 0 Å². The van der Waals surface area contributed by atoms with E-state index in [0.717, 1.165) is 42.4 Å². The van der Waals surface area contributed by atoms with E-state index in [0.29, 0.717) is 39.3 Å². The Morgan fingerprint density at radius 3 is 1.76 bits per heavy atom. The fourth-order valence-electron chi connectivity index (χ4n) is 6.55. The van der Waals surface area contributed by atoms with Gasteiger partial charge in [0.25, 0.3) is 0 Å². The van der Waals surface area contributed by atoms with E-state index in [4.69, 9.17) is 18.9 Å². The van der Waals surface area contributed by atoms with Gasteiger partial charge in [-0.05, 0) is 48.8 Å². The van der Waals surface area contributed by atoms with Crippen LogP contribution in [0.4, 0.5) is 0 Å². The lowest BCUT2D eigenvalue weighted by molar-refractivity contribution is -0.225. The normalized spacial score (nSPS) is 19.0. The number of benzene rings is 3. The van der Waals surface area contributed by atoms with Gasteiger partial charge in [-0.15, -0.1) is 0 Å². The van der Waals surface area contributed by atoms with Crippen LogP contribution in [0.15, 0.2) is 103 Å². The van der Waals surface area contributed by atoms with Crippen LogP contribution >= 0.6 is 0 Å². The number of hydrogen-bond donors (Lipinski definition) is 1. The number of carbonyl (C=O) groups excluding carboxylic acids is 1. The first-order valence-electron chi connectivity index (χ1n) is 19.7. The second kappa shape index (κ2) is 25.6. The minimum atomic E-state index is -0.483. The Bertz CT molecular complexity index is 1320. The van der Waals surface area contributed by atoms with Crippen molar-refractivity contribution in [1.82, 2.24) is 5.32 Å². The van der Waals surface area contributed by atoms with Crippen molar-refractivity contribution in [3.63, 3.8) is 0 Å². The molecule has 3 aromatic rings. The van der Waals surface area contributed by atoms with Gasteiger partial charge in [0, 0.05) is 12.8 Å². The molecule has 51 heavy (non-hydrogen) atoms. The van der Waals surface area contributed by atoms with E-state index in [1.165, 1.54) is 57.8 Å². The van der Waals surface area contributed by atoms with Gasteiger partial charge in [0.15, 0.2) is 0 Å². The summed E-state index contributed by atoms with van der Waals surface area (Å²) in [4.78, 5) is 13.1. The van der Waals surface area contributed by atoms with E-state index >= 15 is 0 Å². The number of amides is 1. The zero-order valence-electron chi connectivity index (χ0n) is 31.1. The Kier molecular flexibility index (Phi) is 20.3. The molecule has 1 amide bonds. The van der Waals surface area contributed by atoms with Gasteiger partial charge in [-0.2, -0.15) is 0 Å². The number of unbranched alkanes of at least 4 members (excludes halogenated alkanes) is 11. The Balaban J connectivity index is 1.24. The molecule has 4 rings (SSSR count). The topological polar surface area (TPSA) is 66.0 Å². The van der Waals surface area contributed by atoms with E-state index in [9.17, 15) is 4.79 Å². The van der Waals surface area contributed by atoms with Gasteiger partial charge in [0.05, 0.1) is 32.5 Å². The highest BCUT2D eigenvalue weighted by molar-refractivity contribution is 5.76. The molecule has 1 heterocycles. The maximum atomic E-state index is 13.1. The third-order valence-corrected chi connectivity index (χ3v) is 9.49. The SMILES string of the molecule is CCCCCCCC/C=C\CCCCCCCC(=O)N[C@H]1C[C@@H](OCc2ccccc2)[C@@H](OCc2ccccc2)C(COCc2ccccc2)O1. The van der Waals surface area contributed by atoms with Crippen molar-refractivity contribution < 1.29 is 23.7 Å². The Labute approximate surface area is 308 Å². The van der Waals surface area contributed by atoms with Crippen molar-refractivity contribution in [3.05, 3.63) is 120 Å². The molecule has 1 aliphatic heterocycles. The summed E-state index contributed by atoms with van der Waals surface area (Å²) in [5.74, 6) is 0.0204. The van der Waals surface area contributed by atoms with Crippen LogP contribution in [-0.4, -0.2) is 37.1 Å². The summed E-state index contributed by atoms with van der Waals surface area (Å²) in [6, 6.07) is 30.4. The molecular formula is C45H63NO5. The van der Waals surface area contributed by atoms with E-state index < -0.39 is 12.3 Å². The molecule has 0 bridgehead atoms. The van der Waals surface area contributed by atoms with E-state index in [1.807, 2.05) is 54.6 Å². The fourth-order valence-corrected chi connectivity index (χ4v) is 6.55. The number of ether oxygens (including phenoxy) is 4. The van der Waals surface area contributed by atoms with Crippen molar-refractivity contribution in [2.45, 2.75) is 148 Å². The Morgan fingerprint density at radius 1 is 0.667 bits per heavy atom. The molecule has 1 saturated heterocycles. The van der Waals surface area contributed by atoms with Crippen LogP contribution in [0.2, 0.25) is 0 Å². The number of carbonyl (C=O) groups is 1. The monoisotopic (exact) mass is 697 g/mol. The first-order valence-corrected chi connectivity index (χ1v) is 19.7. The first-order chi connectivity index (χ1) is 25.2. The van der Waals surface area contributed by atoms with Crippen LogP contribution in [0.1, 0.15) is 120 Å². The van der Waals surface area contributed by atoms with Crippen LogP contribution in [0.25, 0.3) is 0 Å². The molecule has 6 heteroatoms. The molecule has 1 fully saturated rings. The average molecular weight is 698 g/mol.